The molecule has 0 amide bonds. The molecule has 0 bridgehead atoms. The fraction of sp³-hybridized carbons (Fsp3) is 0.600. The van der Waals surface area contributed by atoms with Crippen LogP contribution < -0.4 is 5.73 Å². The van der Waals surface area contributed by atoms with Gasteiger partial charge in [0.25, 0.3) is 5.69 Å². The average molecular weight is 355 g/mol. The molecule has 1 heterocycles. The minimum atomic E-state index is -3.95. The summed E-state index contributed by atoms with van der Waals surface area (Å²) in [6.07, 6.45) is 2.99. The summed E-state index contributed by atoms with van der Waals surface area (Å²) in [6.45, 7) is 0.700. The fourth-order valence-electron chi connectivity index (χ4n) is 3.45. The van der Waals surface area contributed by atoms with Crippen LogP contribution in [-0.2, 0) is 14.8 Å². The first-order chi connectivity index (χ1) is 11.3. The third-order valence-electron chi connectivity index (χ3n) is 4.83. The van der Waals surface area contributed by atoms with E-state index in [0.717, 1.165) is 12.8 Å². The second-order valence-electron chi connectivity index (χ2n) is 6.43. The van der Waals surface area contributed by atoms with E-state index in [1.165, 1.54) is 28.6 Å². The van der Waals surface area contributed by atoms with Gasteiger partial charge in [-0.1, -0.05) is 12.1 Å². The van der Waals surface area contributed by atoms with Gasteiger partial charge in [-0.15, -0.1) is 0 Å². The number of nitrogens with two attached hydrogens (primary N) is 1. The van der Waals surface area contributed by atoms with E-state index < -0.39 is 26.2 Å². The van der Waals surface area contributed by atoms with Gasteiger partial charge in [-0.25, -0.2) is 8.42 Å². The highest BCUT2D eigenvalue weighted by atomic mass is 32.2. The summed E-state index contributed by atoms with van der Waals surface area (Å²) >= 11 is 0. The molecule has 2 aliphatic rings. The second kappa shape index (κ2) is 6.40. The Kier molecular flexibility index (Phi) is 4.60. The molecular weight excluding hydrogens is 334 g/mol. The zero-order valence-corrected chi connectivity index (χ0v) is 14.1. The number of nitro benzene ring substituents is 1. The molecule has 2 fully saturated rings. The van der Waals surface area contributed by atoms with Crippen molar-refractivity contribution < 1.29 is 18.1 Å². The van der Waals surface area contributed by atoms with E-state index in [2.05, 4.69) is 0 Å². The van der Waals surface area contributed by atoms with E-state index >= 15 is 0 Å². The molecule has 1 aromatic rings. The highest BCUT2D eigenvalue weighted by molar-refractivity contribution is 7.89. The van der Waals surface area contributed by atoms with Crippen molar-refractivity contribution in [3.05, 3.63) is 34.4 Å². The summed E-state index contributed by atoms with van der Waals surface area (Å²) in [5.74, 6) is 0. The number of hydrogen-bond donors (Lipinski definition) is 1. The molecule has 1 aliphatic heterocycles. The summed E-state index contributed by atoms with van der Waals surface area (Å²) in [6, 6.07) is 5.58. The predicted octanol–water partition coefficient (Wildman–Crippen LogP) is 1.26. The normalized spacial score (nSPS) is 28.8. The molecule has 1 aliphatic carbocycles. The highest BCUT2D eigenvalue weighted by Gasteiger charge is 2.44. The number of benzene rings is 1. The average Bonchev–Trinajstić information content (AvgIpc) is 2.58. The van der Waals surface area contributed by atoms with Crippen LogP contribution in [0.5, 0.6) is 0 Å². The topological polar surface area (TPSA) is 116 Å². The third-order valence-corrected chi connectivity index (χ3v) is 6.73. The van der Waals surface area contributed by atoms with Gasteiger partial charge in [0, 0.05) is 25.2 Å². The van der Waals surface area contributed by atoms with Crippen LogP contribution in [0.1, 0.15) is 25.7 Å². The van der Waals surface area contributed by atoms with Crippen molar-refractivity contribution in [3.63, 3.8) is 0 Å². The molecule has 1 spiro atoms. The smallest absolute Gasteiger partial charge is 0.289 e. The Bertz CT molecular complexity index is 728. The molecule has 0 unspecified atom stereocenters. The van der Waals surface area contributed by atoms with Crippen molar-refractivity contribution in [1.29, 1.82) is 0 Å². The summed E-state index contributed by atoms with van der Waals surface area (Å²) in [5.41, 5.74) is 5.00. The van der Waals surface area contributed by atoms with Gasteiger partial charge in [-0.05, 0) is 31.7 Å². The Labute approximate surface area is 140 Å². The van der Waals surface area contributed by atoms with Crippen LogP contribution in [0.4, 0.5) is 5.69 Å². The molecule has 9 heteroatoms. The van der Waals surface area contributed by atoms with Crippen molar-refractivity contribution in [1.82, 2.24) is 4.31 Å². The minimum absolute atomic E-state index is 0.126. The van der Waals surface area contributed by atoms with E-state index in [1.807, 2.05) is 0 Å². The Morgan fingerprint density at radius 1 is 1.29 bits per heavy atom. The Hall–Kier alpha value is -1.55. The monoisotopic (exact) mass is 355 g/mol. The number of ether oxygens (including phenoxy) is 1. The largest absolute Gasteiger partial charge is 0.372 e. The summed E-state index contributed by atoms with van der Waals surface area (Å²) < 4.78 is 33.1. The van der Waals surface area contributed by atoms with E-state index in [0.29, 0.717) is 12.8 Å². The predicted molar refractivity (Wildman–Crippen MR) is 87.0 cm³/mol. The quantitative estimate of drug-likeness (QED) is 0.644. The van der Waals surface area contributed by atoms with Crippen molar-refractivity contribution in [2.24, 2.45) is 5.73 Å². The van der Waals surface area contributed by atoms with E-state index in [-0.39, 0.29) is 30.6 Å². The minimum Gasteiger partial charge on any atom is -0.372 e. The lowest BCUT2D eigenvalue weighted by atomic mass is 9.81. The molecular formula is C15H21N3O5S. The van der Waals surface area contributed by atoms with E-state index in [9.17, 15) is 18.5 Å². The molecule has 0 atom stereocenters. The maximum atomic E-state index is 12.9. The van der Waals surface area contributed by atoms with Gasteiger partial charge in [-0.3, -0.25) is 10.1 Å². The summed E-state index contributed by atoms with van der Waals surface area (Å²) in [7, 11) is -3.95. The maximum absolute atomic E-state index is 12.9. The zero-order valence-electron chi connectivity index (χ0n) is 13.3. The Balaban J connectivity index is 1.89. The lowest BCUT2D eigenvalue weighted by Crippen LogP contribution is -2.55. The molecule has 0 aromatic heterocycles. The first kappa shape index (κ1) is 17.3. The van der Waals surface area contributed by atoms with Gasteiger partial charge < -0.3 is 10.5 Å². The molecule has 24 heavy (non-hydrogen) atoms. The Morgan fingerprint density at radius 3 is 2.62 bits per heavy atom. The summed E-state index contributed by atoms with van der Waals surface area (Å²) in [4.78, 5) is 10.2. The fourth-order valence-corrected chi connectivity index (χ4v) is 5.10. The van der Waals surface area contributed by atoms with Gasteiger partial charge in [0.15, 0.2) is 4.90 Å². The van der Waals surface area contributed by atoms with Gasteiger partial charge in [0.05, 0.1) is 17.1 Å². The van der Waals surface area contributed by atoms with Crippen LogP contribution in [0.25, 0.3) is 0 Å². The van der Waals surface area contributed by atoms with Crippen LogP contribution in [-0.4, -0.2) is 49.0 Å². The lowest BCUT2D eigenvalue weighted by molar-refractivity contribution is -0.387. The highest BCUT2D eigenvalue weighted by Crippen LogP contribution is 2.36. The number of nitrogens with zero attached hydrogens (tertiary/aromatic N) is 2. The van der Waals surface area contributed by atoms with Crippen LogP contribution in [0.15, 0.2) is 29.2 Å². The molecule has 8 nitrogen and oxygen atoms in total. The van der Waals surface area contributed by atoms with Crippen LogP contribution in [0.3, 0.4) is 0 Å². The van der Waals surface area contributed by atoms with Crippen molar-refractivity contribution in [2.75, 3.05) is 19.7 Å². The zero-order chi connectivity index (χ0) is 17.4. The molecule has 2 N–H and O–H groups in total. The van der Waals surface area contributed by atoms with Crippen molar-refractivity contribution in [2.45, 2.75) is 42.2 Å². The molecule has 3 rings (SSSR count). The van der Waals surface area contributed by atoms with Crippen LogP contribution >= 0.6 is 0 Å². The van der Waals surface area contributed by atoms with E-state index in [1.54, 1.807) is 0 Å². The van der Waals surface area contributed by atoms with Crippen LogP contribution in [0.2, 0.25) is 0 Å². The molecule has 1 saturated heterocycles. The number of sulfonamides is 1. The molecule has 132 valence electrons. The number of rotatable bonds is 3. The molecule has 1 aromatic carbocycles. The van der Waals surface area contributed by atoms with E-state index in [4.69, 9.17) is 10.5 Å². The van der Waals surface area contributed by atoms with Gasteiger partial charge in [0.1, 0.15) is 0 Å². The maximum Gasteiger partial charge on any atom is 0.289 e. The number of nitro groups is 1. The number of hydrogen-bond acceptors (Lipinski definition) is 6. The summed E-state index contributed by atoms with van der Waals surface area (Å²) in [5, 5.41) is 11.2. The standard InChI is InChI=1S/C15H21N3O5S/c16-12-5-7-15(8-6-12)11-17(9-10-23-15)24(21,22)14-4-2-1-3-13(14)18(19)20/h1-4,12H,5-11,16H2. The molecule has 1 saturated carbocycles. The third kappa shape index (κ3) is 3.16. The first-order valence-electron chi connectivity index (χ1n) is 7.97. The number of para-hydroxylation sites is 1. The van der Waals surface area contributed by atoms with Gasteiger partial charge in [0.2, 0.25) is 10.0 Å². The lowest BCUT2D eigenvalue weighted by Gasteiger charge is -2.45. The SMILES string of the molecule is NC1CCC2(CC1)CN(S(=O)(=O)c1ccccc1[N+](=O)[O-])CCO2. The number of morpholine rings is 1. The van der Waals surface area contributed by atoms with Crippen LogP contribution in [0, 0.1) is 10.1 Å². The Morgan fingerprint density at radius 2 is 1.96 bits per heavy atom. The van der Waals surface area contributed by atoms with Gasteiger partial charge >= 0.3 is 0 Å². The van der Waals surface area contributed by atoms with Gasteiger partial charge in [-0.2, -0.15) is 4.31 Å². The van der Waals surface area contributed by atoms with Crippen molar-refractivity contribution in [3.8, 4) is 0 Å². The molecule has 0 radical (unpaired) electrons. The first-order valence-corrected chi connectivity index (χ1v) is 9.41. The van der Waals surface area contributed by atoms with Crippen molar-refractivity contribution >= 4 is 15.7 Å². The second-order valence-corrected chi connectivity index (χ2v) is 8.34.